The monoisotopic (exact) mass is 362 g/mol. The van der Waals surface area contributed by atoms with Crippen molar-refractivity contribution in [3.8, 4) is 0 Å². The van der Waals surface area contributed by atoms with Crippen LogP contribution in [0.3, 0.4) is 0 Å². The summed E-state index contributed by atoms with van der Waals surface area (Å²) in [5, 5.41) is 17.7. The minimum absolute atomic E-state index is 0.155. The number of nitrogens with one attached hydrogen (secondary N) is 2. The van der Waals surface area contributed by atoms with Crippen molar-refractivity contribution in [1.82, 2.24) is 30.6 Å². The first kappa shape index (κ1) is 18.0. The molecule has 1 aliphatic heterocycles. The van der Waals surface area contributed by atoms with Gasteiger partial charge in [0.15, 0.2) is 5.69 Å². The lowest BCUT2D eigenvalue weighted by Crippen LogP contribution is -2.34. The van der Waals surface area contributed by atoms with Gasteiger partial charge in [-0.1, -0.05) is 11.6 Å². The van der Waals surface area contributed by atoms with Gasteiger partial charge in [0.2, 0.25) is 0 Å². The normalized spacial score (nSPS) is 17.6. The first-order valence-electron chi connectivity index (χ1n) is 9.03. The van der Waals surface area contributed by atoms with E-state index in [1.54, 1.807) is 22.2 Å². The van der Waals surface area contributed by atoms with Crippen molar-refractivity contribution in [3.05, 3.63) is 28.0 Å². The van der Waals surface area contributed by atoms with Gasteiger partial charge >= 0.3 is 0 Å². The molecule has 1 amide bonds. The Balaban J connectivity index is 1.36. The van der Waals surface area contributed by atoms with E-state index in [9.17, 15) is 4.79 Å². The molecule has 1 aliphatic rings. The third kappa shape index (κ3) is 5.61. The van der Waals surface area contributed by atoms with Crippen LogP contribution >= 0.6 is 11.3 Å². The van der Waals surface area contributed by atoms with Gasteiger partial charge in [0, 0.05) is 36.6 Å². The van der Waals surface area contributed by atoms with E-state index in [0.717, 1.165) is 43.1 Å². The molecule has 0 aromatic carbocycles. The number of nitrogens with zero attached hydrogens (tertiary/aromatic N) is 4. The second-order valence-electron chi connectivity index (χ2n) is 6.54. The Morgan fingerprint density at radius 3 is 3.16 bits per heavy atom. The van der Waals surface area contributed by atoms with E-state index >= 15 is 0 Å². The maximum Gasteiger partial charge on any atom is 0.273 e. The smallest absolute Gasteiger partial charge is 0.273 e. The van der Waals surface area contributed by atoms with E-state index in [0.29, 0.717) is 18.3 Å². The van der Waals surface area contributed by atoms with Crippen molar-refractivity contribution >= 4 is 17.2 Å². The predicted molar refractivity (Wildman–Crippen MR) is 97.8 cm³/mol. The Labute approximate surface area is 152 Å². The molecule has 3 rings (SSSR count). The second-order valence-corrected chi connectivity index (χ2v) is 7.49. The quantitative estimate of drug-likeness (QED) is 0.701. The van der Waals surface area contributed by atoms with Gasteiger partial charge < -0.3 is 10.6 Å². The summed E-state index contributed by atoms with van der Waals surface area (Å²) in [5.74, 6) is -0.155. The molecule has 0 saturated carbocycles. The maximum absolute atomic E-state index is 12.1. The van der Waals surface area contributed by atoms with E-state index in [-0.39, 0.29) is 5.91 Å². The van der Waals surface area contributed by atoms with Gasteiger partial charge in [0.05, 0.1) is 11.2 Å². The van der Waals surface area contributed by atoms with E-state index < -0.39 is 0 Å². The highest BCUT2D eigenvalue weighted by Crippen LogP contribution is 2.11. The number of thiazole rings is 1. The molecule has 0 bridgehead atoms. The zero-order valence-electron chi connectivity index (χ0n) is 14.7. The van der Waals surface area contributed by atoms with E-state index in [4.69, 9.17) is 0 Å². The lowest BCUT2D eigenvalue weighted by atomic mass is 10.0. The first-order chi connectivity index (χ1) is 12.2. The van der Waals surface area contributed by atoms with Crippen LogP contribution in [0.2, 0.25) is 0 Å². The van der Waals surface area contributed by atoms with Gasteiger partial charge in [-0.15, -0.1) is 16.4 Å². The van der Waals surface area contributed by atoms with E-state index in [1.165, 1.54) is 19.3 Å². The Morgan fingerprint density at radius 1 is 1.48 bits per heavy atom. The zero-order valence-corrected chi connectivity index (χ0v) is 15.5. The van der Waals surface area contributed by atoms with Gasteiger partial charge in [0.1, 0.15) is 0 Å². The SMILES string of the molecule is Cc1csc(CCCNC(=O)c2cn(CC[C@H]3CCCCN3)nn2)n1. The van der Waals surface area contributed by atoms with Crippen LogP contribution in [0.1, 0.15) is 53.3 Å². The fourth-order valence-corrected chi connectivity index (χ4v) is 3.84. The average Bonchev–Trinajstić information content (AvgIpc) is 3.27. The molecule has 136 valence electrons. The van der Waals surface area contributed by atoms with E-state index in [2.05, 4.69) is 31.3 Å². The Hall–Kier alpha value is -1.80. The first-order valence-corrected chi connectivity index (χ1v) is 9.91. The fraction of sp³-hybridized carbons (Fsp3) is 0.647. The molecule has 1 atom stereocenters. The number of carbonyl (C=O) groups excluding carboxylic acids is 1. The number of aromatic nitrogens is 4. The van der Waals surface area contributed by atoms with Gasteiger partial charge in [-0.05, 0) is 39.2 Å². The molecule has 2 N–H and O–H groups in total. The molecule has 0 radical (unpaired) electrons. The van der Waals surface area contributed by atoms with Gasteiger partial charge in [-0.2, -0.15) is 0 Å². The molecule has 2 aromatic rings. The molecule has 1 saturated heterocycles. The summed E-state index contributed by atoms with van der Waals surface area (Å²) in [6.07, 6.45) is 8.32. The molecule has 3 heterocycles. The number of amides is 1. The van der Waals surface area contributed by atoms with Crippen molar-refractivity contribution in [2.24, 2.45) is 0 Å². The van der Waals surface area contributed by atoms with Crippen LogP contribution < -0.4 is 10.6 Å². The van der Waals surface area contributed by atoms with Crippen LogP contribution in [0.5, 0.6) is 0 Å². The predicted octanol–water partition coefficient (Wildman–Crippen LogP) is 1.94. The molecule has 0 aliphatic carbocycles. The minimum Gasteiger partial charge on any atom is -0.351 e. The molecule has 0 unspecified atom stereocenters. The molecule has 2 aromatic heterocycles. The topological polar surface area (TPSA) is 84.7 Å². The number of carbonyl (C=O) groups is 1. The van der Waals surface area contributed by atoms with Crippen LogP contribution in [0.15, 0.2) is 11.6 Å². The van der Waals surface area contributed by atoms with Gasteiger partial charge in [-0.3, -0.25) is 9.48 Å². The third-order valence-corrected chi connectivity index (χ3v) is 5.44. The van der Waals surface area contributed by atoms with Gasteiger partial charge in [-0.25, -0.2) is 4.98 Å². The number of rotatable bonds is 8. The van der Waals surface area contributed by atoms with Crippen molar-refractivity contribution in [3.63, 3.8) is 0 Å². The lowest BCUT2D eigenvalue weighted by molar-refractivity contribution is 0.0948. The highest BCUT2D eigenvalue weighted by Gasteiger charge is 2.14. The summed E-state index contributed by atoms with van der Waals surface area (Å²) in [4.78, 5) is 16.5. The van der Waals surface area contributed by atoms with Crippen LogP contribution in [0, 0.1) is 6.92 Å². The summed E-state index contributed by atoms with van der Waals surface area (Å²) < 4.78 is 1.77. The Kier molecular flexibility index (Phi) is 6.52. The number of aryl methyl sites for hydroxylation is 3. The van der Waals surface area contributed by atoms with Crippen LogP contribution in [0.25, 0.3) is 0 Å². The summed E-state index contributed by atoms with van der Waals surface area (Å²) in [6.45, 7) is 4.52. The average molecular weight is 363 g/mol. The summed E-state index contributed by atoms with van der Waals surface area (Å²) in [7, 11) is 0. The van der Waals surface area contributed by atoms with E-state index in [1.807, 2.05) is 6.92 Å². The van der Waals surface area contributed by atoms with Crippen LogP contribution in [0.4, 0.5) is 0 Å². The molecule has 1 fully saturated rings. The van der Waals surface area contributed by atoms with Crippen LogP contribution in [-0.2, 0) is 13.0 Å². The molecule has 8 heteroatoms. The van der Waals surface area contributed by atoms with Crippen molar-refractivity contribution in [2.75, 3.05) is 13.1 Å². The van der Waals surface area contributed by atoms with Crippen LogP contribution in [-0.4, -0.2) is 45.0 Å². The molecule has 0 spiro atoms. The highest BCUT2D eigenvalue weighted by atomic mass is 32.1. The van der Waals surface area contributed by atoms with Crippen molar-refractivity contribution in [1.29, 1.82) is 0 Å². The number of hydrogen-bond acceptors (Lipinski definition) is 6. The second kappa shape index (κ2) is 9.05. The highest BCUT2D eigenvalue weighted by molar-refractivity contribution is 7.09. The van der Waals surface area contributed by atoms with Gasteiger partial charge in [0.25, 0.3) is 5.91 Å². The maximum atomic E-state index is 12.1. The minimum atomic E-state index is -0.155. The Morgan fingerprint density at radius 2 is 2.40 bits per heavy atom. The molecular weight excluding hydrogens is 336 g/mol. The molecular formula is C17H26N6OS. The lowest BCUT2D eigenvalue weighted by Gasteiger charge is -2.23. The number of piperidine rings is 1. The number of hydrogen-bond donors (Lipinski definition) is 2. The van der Waals surface area contributed by atoms with Crippen molar-refractivity contribution < 1.29 is 4.79 Å². The summed E-state index contributed by atoms with van der Waals surface area (Å²) in [5.41, 5.74) is 1.45. The van der Waals surface area contributed by atoms with Crippen molar-refractivity contribution in [2.45, 2.75) is 58.0 Å². The Bertz CT molecular complexity index is 676. The summed E-state index contributed by atoms with van der Waals surface area (Å²) >= 11 is 1.67. The zero-order chi connectivity index (χ0) is 17.5. The molecule has 7 nitrogen and oxygen atoms in total. The standard InChI is InChI=1S/C17H26N6OS/c1-13-12-25-16(20-13)6-4-9-19-17(24)15-11-23(22-21-15)10-7-14-5-2-3-8-18-14/h11-12,14,18H,2-10H2,1H3,(H,19,24)/t14-/m1/s1. The largest absolute Gasteiger partial charge is 0.351 e. The third-order valence-electron chi connectivity index (χ3n) is 4.41. The molecule has 25 heavy (non-hydrogen) atoms. The fourth-order valence-electron chi connectivity index (χ4n) is 3.02. The summed E-state index contributed by atoms with van der Waals surface area (Å²) in [6, 6.07) is 0.560.